The maximum Gasteiger partial charge on any atom is 0.308 e. The van der Waals surface area contributed by atoms with Crippen LogP contribution in [0.1, 0.15) is 12.0 Å². The number of carboxylic acid groups (broad SMARTS) is 1. The van der Waals surface area contributed by atoms with E-state index >= 15 is 0 Å². The maximum atomic E-state index is 13.8. The highest BCUT2D eigenvalue weighted by molar-refractivity contribution is 5.70. The number of likely N-dealkylation sites (tertiary alicyclic amines) is 1. The molecule has 0 amide bonds. The summed E-state index contributed by atoms with van der Waals surface area (Å²) in [4.78, 5) is 16.9. The molecule has 2 heterocycles. The van der Waals surface area contributed by atoms with Crippen molar-refractivity contribution in [3.05, 3.63) is 54.2 Å². The summed E-state index contributed by atoms with van der Waals surface area (Å²) in [6.45, 7) is 0.0172. The van der Waals surface area contributed by atoms with Crippen molar-refractivity contribution < 1.29 is 18.7 Å². The van der Waals surface area contributed by atoms with Gasteiger partial charge in [0.1, 0.15) is 0 Å². The van der Waals surface area contributed by atoms with Crippen molar-refractivity contribution in [2.24, 2.45) is 5.92 Å². The zero-order valence-electron chi connectivity index (χ0n) is 13.0. The molecule has 1 fully saturated rings. The van der Waals surface area contributed by atoms with Gasteiger partial charge in [-0.05, 0) is 23.8 Å². The van der Waals surface area contributed by atoms with Crippen molar-refractivity contribution in [3.63, 3.8) is 0 Å². The van der Waals surface area contributed by atoms with Crippen molar-refractivity contribution in [2.75, 3.05) is 13.1 Å². The average molecular weight is 332 g/mol. The predicted molar refractivity (Wildman–Crippen MR) is 85.6 cm³/mol. The van der Waals surface area contributed by atoms with Gasteiger partial charge in [0.15, 0.2) is 0 Å². The van der Waals surface area contributed by atoms with E-state index in [1.165, 1.54) is 4.90 Å². The molecule has 1 aliphatic rings. The lowest BCUT2D eigenvalue weighted by Crippen LogP contribution is -2.48. The van der Waals surface area contributed by atoms with E-state index in [1.807, 2.05) is 42.5 Å². The lowest BCUT2D eigenvalue weighted by atomic mass is 9.94. The molecule has 0 spiro atoms. The Kier molecular flexibility index (Phi) is 4.57. The van der Waals surface area contributed by atoms with E-state index in [4.69, 9.17) is 5.11 Å². The van der Waals surface area contributed by atoms with Gasteiger partial charge in [-0.25, -0.2) is 8.78 Å². The molecule has 6 heteroatoms. The summed E-state index contributed by atoms with van der Waals surface area (Å²) in [6.07, 6.45) is 1.11. The molecule has 4 nitrogen and oxygen atoms in total. The normalized spacial score (nSPS) is 20.7. The Hall–Kier alpha value is -2.34. The van der Waals surface area contributed by atoms with Gasteiger partial charge in [-0.15, -0.1) is 0 Å². The molecule has 0 aliphatic carbocycles. The van der Waals surface area contributed by atoms with Crippen molar-refractivity contribution in [2.45, 2.75) is 18.9 Å². The van der Waals surface area contributed by atoms with Gasteiger partial charge in [-0.3, -0.25) is 14.7 Å². The van der Waals surface area contributed by atoms with Crippen molar-refractivity contribution in [1.29, 1.82) is 0 Å². The van der Waals surface area contributed by atoms with Crippen LogP contribution in [0.4, 0.5) is 8.78 Å². The second-order valence-electron chi connectivity index (χ2n) is 6.18. The lowest BCUT2D eigenvalue weighted by Gasteiger charge is -2.35. The number of nitrogens with zero attached hydrogens (tertiary/aromatic N) is 2. The number of aliphatic carboxylic acids is 1. The van der Waals surface area contributed by atoms with Crippen LogP contribution in [-0.2, 0) is 11.3 Å². The van der Waals surface area contributed by atoms with E-state index < -0.39 is 30.8 Å². The van der Waals surface area contributed by atoms with E-state index in [-0.39, 0.29) is 6.54 Å². The highest BCUT2D eigenvalue weighted by Crippen LogP contribution is 2.31. The first-order valence-electron chi connectivity index (χ1n) is 7.76. The summed E-state index contributed by atoms with van der Waals surface area (Å²) >= 11 is 0. The molecule has 0 saturated carbocycles. The molecule has 1 aliphatic heterocycles. The number of piperidine rings is 1. The summed E-state index contributed by atoms with van der Waals surface area (Å²) in [5, 5.41) is 9.08. The molecule has 0 bridgehead atoms. The standard InChI is InChI=1S/C18H18F2N2O2/c19-18(20)9-15(17(23)24)11-22(12-18)10-13-4-3-5-14(8-13)16-6-1-2-7-21-16/h1-8,15H,9-12H2,(H,23,24). The number of pyridine rings is 1. The highest BCUT2D eigenvalue weighted by atomic mass is 19.3. The molecule has 24 heavy (non-hydrogen) atoms. The van der Waals surface area contributed by atoms with Crippen LogP contribution in [-0.4, -0.2) is 40.0 Å². The van der Waals surface area contributed by atoms with Crippen LogP contribution in [0.25, 0.3) is 11.3 Å². The van der Waals surface area contributed by atoms with Gasteiger partial charge in [0.25, 0.3) is 5.92 Å². The van der Waals surface area contributed by atoms with Crippen LogP contribution in [0, 0.1) is 5.92 Å². The molecule has 1 N–H and O–H groups in total. The topological polar surface area (TPSA) is 53.4 Å². The van der Waals surface area contributed by atoms with Crippen molar-refractivity contribution in [3.8, 4) is 11.3 Å². The number of carbonyl (C=O) groups is 1. The molecular formula is C18H18F2N2O2. The molecule has 0 radical (unpaired) electrons. The maximum absolute atomic E-state index is 13.8. The number of aromatic nitrogens is 1. The second kappa shape index (κ2) is 6.65. The Morgan fingerprint density at radius 1 is 1.29 bits per heavy atom. The van der Waals surface area contributed by atoms with Gasteiger partial charge in [0.2, 0.25) is 0 Å². The van der Waals surface area contributed by atoms with E-state index in [9.17, 15) is 13.6 Å². The first-order chi connectivity index (χ1) is 11.4. The number of benzene rings is 1. The number of halogens is 2. The monoisotopic (exact) mass is 332 g/mol. The Morgan fingerprint density at radius 2 is 2.12 bits per heavy atom. The second-order valence-corrected chi connectivity index (χ2v) is 6.18. The van der Waals surface area contributed by atoms with Gasteiger partial charge in [-0.2, -0.15) is 0 Å². The third kappa shape index (κ3) is 3.94. The highest BCUT2D eigenvalue weighted by Gasteiger charge is 2.42. The van der Waals surface area contributed by atoms with Crippen LogP contribution < -0.4 is 0 Å². The molecule has 1 atom stereocenters. The molecule has 1 aromatic heterocycles. The molecule has 1 aromatic carbocycles. The number of carboxylic acids is 1. The Bertz CT molecular complexity index is 722. The summed E-state index contributed by atoms with van der Waals surface area (Å²) in [7, 11) is 0. The van der Waals surface area contributed by atoms with Gasteiger partial charge in [0.05, 0.1) is 18.2 Å². The zero-order chi connectivity index (χ0) is 17.2. The third-order valence-electron chi connectivity index (χ3n) is 4.12. The van der Waals surface area contributed by atoms with E-state index in [2.05, 4.69) is 4.98 Å². The summed E-state index contributed by atoms with van der Waals surface area (Å²) in [5.74, 6) is -5.17. The number of alkyl halides is 2. The fourth-order valence-electron chi connectivity index (χ4n) is 3.10. The summed E-state index contributed by atoms with van der Waals surface area (Å²) in [5.41, 5.74) is 2.58. The fraction of sp³-hybridized carbons (Fsp3) is 0.333. The average Bonchev–Trinajstić information content (AvgIpc) is 2.54. The Morgan fingerprint density at radius 3 is 2.83 bits per heavy atom. The minimum absolute atomic E-state index is 0.138. The molecule has 1 saturated heterocycles. The molecule has 2 aromatic rings. The zero-order valence-corrected chi connectivity index (χ0v) is 13.0. The third-order valence-corrected chi connectivity index (χ3v) is 4.12. The first kappa shape index (κ1) is 16.5. The van der Waals surface area contributed by atoms with Crippen LogP contribution in [0.15, 0.2) is 48.7 Å². The smallest absolute Gasteiger partial charge is 0.308 e. The minimum Gasteiger partial charge on any atom is -0.481 e. The summed E-state index contributed by atoms with van der Waals surface area (Å²) < 4.78 is 27.6. The first-order valence-corrected chi connectivity index (χ1v) is 7.76. The number of hydrogen-bond acceptors (Lipinski definition) is 3. The van der Waals surface area contributed by atoms with E-state index in [0.29, 0.717) is 6.54 Å². The van der Waals surface area contributed by atoms with E-state index in [1.54, 1.807) is 6.20 Å². The predicted octanol–water partition coefficient (Wildman–Crippen LogP) is 3.29. The molecule has 126 valence electrons. The van der Waals surface area contributed by atoms with Crippen LogP contribution >= 0.6 is 0 Å². The molecular weight excluding hydrogens is 314 g/mol. The van der Waals surface area contributed by atoms with Crippen molar-refractivity contribution in [1.82, 2.24) is 9.88 Å². The molecule has 1 unspecified atom stereocenters. The Balaban J connectivity index is 1.77. The molecule has 3 rings (SSSR count). The fourth-order valence-corrected chi connectivity index (χ4v) is 3.10. The van der Waals surface area contributed by atoms with Gasteiger partial charge >= 0.3 is 5.97 Å². The van der Waals surface area contributed by atoms with Crippen LogP contribution in [0.3, 0.4) is 0 Å². The van der Waals surface area contributed by atoms with Crippen LogP contribution in [0.2, 0.25) is 0 Å². The van der Waals surface area contributed by atoms with Crippen LogP contribution in [0.5, 0.6) is 0 Å². The SMILES string of the molecule is O=C(O)C1CN(Cc2cccc(-c3ccccn3)c2)CC(F)(F)C1. The minimum atomic E-state index is -2.97. The summed E-state index contributed by atoms with van der Waals surface area (Å²) in [6, 6.07) is 13.1. The van der Waals surface area contributed by atoms with Gasteiger partial charge in [-0.1, -0.05) is 24.3 Å². The number of hydrogen-bond donors (Lipinski definition) is 1. The largest absolute Gasteiger partial charge is 0.481 e. The van der Waals surface area contributed by atoms with E-state index in [0.717, 1.165) is 16.8 Å². The van der Waals surface area contributed by atoms with Gasteiger partial charge in [0, 0.05) is 31.3 Å². The number of rotatable bonds is 4. The quantitative estimate of drug-likeness (QED) is 0.933. The Labute approximate surface area is 138 Å². The lowest BCUT2D eigenvalue weighted by molar-refractivity contribution is -0.153. The van der Waals surface area contributed by atoms with Crippen molar-refractivity contribution >= 4 is 5.97 Å². The van der Waals surface area contributed by atoms with Gasteiger partial charge < -0.3 is 5.11 Å².